The van der Waals surface area contributed by atoms with Crippen molar-refractivity contribution < 1.29 is 9.59 Å². The predicted octanol–water partition coefficient (Wildman–Crippen LogP) is 3.37. The number of carbonyl (C=O) groups is 2. The number of H-pyrrole nitrogens is 1. The Balaban J connectivity index is 1.64. The van der Waals surface area contributed by atoms with Gasteiger partial charge in [-0.05, 0) is 22.0 Å². The number of benzene rings is 1. The average Bonchev–Trinajstić information content (AvgIpc) is 2.93. The van der Waals surface area contributed by atoms with Crippen LogP contribution in [0, 0.1) is 5.41 Å². The molecule has 2 N–H and O–H groups in total. The van der Waals surface area contributed by atoms with Crippen LogP contribution in [0.3, 0.4) is 0 Å². The molecule has 134 valence electrons. The summed E-state index contributed by atoms with van der Waals surface area (Å²) in [6.45, 7) is 7.32. The van der Waals surface area contributed by atoms with E-state index >= 15 is 0 Å². The van der Waals surface area contributed by atoms with Gasteiger partial charge in [-0.2, -0.15) is 0 Å². The van der Waals surface area contributed by atoms with E-state index < -0.39 is 5.41 Å². The van der Waals surface area contributed by atoms with E-state index in [1.165, 1.54) is 16.6 Å². The van der Waals surface area contributed by atoms with E-state index in [9.17, 15) is 9.59 Å². The molecule has 5 nitrogen and oxygen atoms in total. The fourth-order valence-electron chi connectivity index (χ4n) is 3.12. The molecule has 0 atom stereocenters. The Kier molecular flexibility index (Phi) is 4.91. The topological polar surface area (TPSA) is 65.2 Å². The second kappa shape index (κ2) is 6.83. The summed E-state index contributed by atoms with van der Waals surface area (Å²) in [5, 5.41) is 4.01. The van der Waals surface area contributed by atoms with Gasteiger partial charge in [-0.15, -0.1) is 0 Å². The van der Waals surface area contributed by atoms with Crippen LogP contribution in [0.5, 0.6) is 0 Å². The molecule has 2 amide bonds. The van der Waals surface area contributed by atoms with Crippen LogP contribution in [0.15, 0.2) is 22.7 Å². The highest BCUT2D eigenvalue weighted by Gasteiger charge is 2.25. The van der Waals surface area contributed by atoms with Gasteiger partial charge in [0.25, 0.3) is 0 Å². The summed E-state index contributed by atoms with van der Waals surface area (Å²) in [5.74, 6) is 0.0620. The third-order valence-corrected chi connectivity index (χ3v) is 5.28. The molecular formula is C19H24BrN3O2. The maximum absolute atomic E-state index is 12.5. The largest absolute Gasteiger partial charge is 0.357 e. The van der Waals surface area contributed by atoms with Crippen molar-refractivity contribution in [3.8, 4) is 0 Å². The van der Waals surface area contributed by atoms with Crippen molar-refractivity contribution in [1.29, 1.82) is 0 Å². The minimum Gasteiger partial charge on any atom is -0.357 e. The first-order valence-corrected chi connectivity index (χ1v) is 9.40. The smallest absolute Gasteiger partial charge is 0.225 e. The Labute approximate surface area is 156 Å². The summed E-state index contributed by atoms with van der Waals surface area (Å²) in [5.41, 5.74) is 3.08. The molecule has 0 radical (unpaired) electrons. The number of nitrogens with zero attached hydrogens (tertiary/aromatic N) is 1. The lowest BCUT2D eigenvalue weighted by Crippen LogP contribution is -2.40. The molecule has 1 aliphatic rings. The van der Waals surface area contributed by atoms with Crippen LogP contribution in [-0.2, 0) is 22.6 Å². The maximum atomic E-state index is 12.5. The summed E-state index contributed by atoms with van der Waals surface area (Å²) in [6, 6.07) is 6.13. The fraction of sp³-hybridized carbons (Fsp3) is 0.474. The lowest BCUT2D eigenvalue weighted by Gasteiger charge is -2.27. The molecule has 0 fully saturated rings. The Bertz CT molecular complexity index is 820. The molecule has 0 saturated heterocycles. The van der Waals surface area contributed by atoms with Gasteiger partial charge >= 0.3 is 0 Å². The van der Waals surface area contributed by atoms with Gasteiger partial charge in [0.05, 0.1) is 5.52 Å². The number of hydrogen-bond acceptors (Lipinski definition) is 2. The third kappa shape index (κ3) is 3.73. The molecule has 2 heterocycles. The first-order valence-electron chi connectivity index (χ1n) is 8.61. The zero-order valence-electron chi connectivity index (χ0n) is 14.9. The van der Waals surface area contributed by atoms with E-state index in [2.05, 4.69) is 32.3 Å². The fourth-order valence-corrected chi connectivity index (χ4v) is 3.59. The number of para-hydroxylation sites is 1. The van der Waals surface area contributed by atoms with Gasteiger partial charge in [0, 0.05) is 59.0 Å². The second-order valence-electron chi connectivity index (χ2n) is 7.57. The monoisotopic (exact) mass is 405 g/mol. The number of hydrogen-bond donors (Lipinski definition) is 2. The summed E-state index contributed by atoms with van der Waals surface area (Å²) in [7, 11) is 0. The molecule has 1 aliphatic heterocycles. The van der Waals surface area contributed by atoms with Crippen LogP contribution in [0.1, 0.15) is 38.4 Å². The van der Waals surface area contributed by atoms with Gasteiger partial charge < -0.3 is 15.2 Å². The van der Waals surface area contributed by atoms with Crippen LogP contribution in [-0.4, -0.2) is 34.8 Å². The molecule has 6 heteroatoms. The number of aromatic amines is 1. The normalized spacial score (nSPS) is 14.5. The SMILES string of the molecule is CC(C)(C)C(=O)NCCC(=O)N1CCc2[nH]c3c(Br)cccc3c2C1. The molecule has 0 unspecified atom stereocenters. The lowest BCUT2D eigenvalue weighted by atomic mass is 9.96. The van der Waals surface area contributed by atoms with Crippen molar-refractivity contribution in [2.75, 3.05) is 13.1 Å². The molecular weight excluding hydrogens is 382 g/mol. The van der Waals surface area contributed by atoms with Gasteiger partial charge in [-0.25, -0.2) is 0 Å². The van der Waals surface area contributed by atoms with Crippen LogP contribution in [0.2, 0.25) is 0 Å². The first-order chi connectivity index (χ1) is 11.8. The van der Waals surface area contributed by atoms with Gasteiger partial charge in [0.1, 0.15) is 0 Å². The van der Waals surface area contributed by atoms with Crippen molar-refractivity contribution >= 4 is 38.6 Å². The van der Waals surface area contributed by atoms with E-state index in [0.29, 0.717) is 26.1 Å². The molecule has 0 aliphatic carbocycles. The van der Waals surface area contributed by atoms with E-state index in [4.69, 9.17) is 0 Å². The van der Waals surface area contributed by atoms with Crippen LogP contribution in [0.4, 0.5) is 0 Å². The quantitative estimate of drug-likeness (QED) is 0.821. The van der Waals surface area contributed by atoms with Gasteiger partial charge in [-0.3, -0.25) is 9.59 Å². The highest BCUT2D eigenvalue weighted by Crippen LogP contribution is 2.31. The summed E-state index contributed by atoms with van der Waals surface area (Å²) in [6.07, 6.45) is 1.17. The number of nitrogens with one attached hydrogen (secondary N) is 2. The molecule has 3 rings (SSSR count). The number of amides is 2. The van der Waals surface area contributed by atoms with Gasteiger partial charge in [0.15, 0.2) is 0 Å². The van der Waals surface area contributed by atoms with Crippen LogP contribution < -0.4 is 5.32 Å². The zero-order chi connectivity index (χ0) is 18.2. The van der Waals surface area contributed by atoms with Gasteiger partial charge in [-0.1, -0.05) is 32.9 Å². The summed E-state index contributed by atoms with van der Waals surface area (Å²) in [4.78, 5) is 29.8. The predicted molar refractivity (Wildman–Crippen MR) is 102 cm³/mol. The van der Waals surface area contributed by atoms with Crippen LogP contribution in [0.25, 0.3) is 10.9 Å². The van der Waals surface area contributed by atoms with Crippen molar-refractivity contribution in [3.63, 3.8) is 0 Å². The molecule has 0 spiro atoms. The zero-order valence-corrected chi connectivity index (χ0v) is 16.5. The minimum atomic E-state index is -0.430. The van der Waals surface area contributed by atoms with Crippen molar-refractivity contribution in [1.82, 2.24) is 15.2 Å². The van der Waals surface area contributed by atoms with E-state index in [0.717, 1.165) is 16.4 Å². The number of carbonyl (C=O) groups excluding carboxylic acids is 2. The average molecular weight is 406 g/mol. The van der Waals surface area contributed by atoms with Crippen molar-refractivity contribution in [2.24, 2.45) is 5.41 Å². The summed E-state index contributed by atoms with van der Waals surface area (Å²) >= 11 is 3.58. The molecule has 1 aromatic carbocycles. The standard InChI is InChI=1S/C19H24BrN3O2/c1-19(2,3)18(25)21-9-7-16(24)23-10-8-15-13(11-23)12-5-4-6-14(20)17(12)22-15/h4-6,22H,7-11H2,1-3H3,(H,21,25). The van der Waals surface area contributed by atoms with E-state index in [-0.39, 0.29) is 11.8 Å². The molecule has 1 aromatic heterocycles. The molecule has 0 saturated carbocycles. The Hall–Kier alpha value is -1.82. The number of halogens is 1. The Morgan fingerprint density at radius 1 is 1.32 bits per heavy atom. The highest BCUT2D eigenvalue weighted by molar-refractivity contribution is 9.10. The highest BCUT2D eigenvalue weighted by atomic mass is 79.9. The minimum absolute atomic E-state index is 0.0253. The maximum Gasteiger partial charge on any atom is 0.225 e. The molecule has 0 bridgehead atoms. The lowest BCUT2D eigenvalue weighted by molar-refractivity contribution is -0.132. The molecule has 2 aromatic rings. The van der Waals surface area contributed by atoms with E-state index in [1.54, 1.807) is 0 Å². The summed E-state index contributed by atoms with van der Waals surface area (Å²) < 4.78 is 1.04. The molecule has 25 heavy (non-hydrogen) atoms. The number of rotatable bonds is 3. The first kappa shape index (κ1) is 18.0. The Morgan fingerprint density at radius 2 is 2.08 bits per heavy atom. The number of fused-ring (bicyclic) bond motifs is 3. The Morgan fingerprint density at radius 3 is 2.80 bits per heavy atom. The van der Waals surface area contributed by atoms with Crippen molar-refractivity contribution in [3.05, 3.63) is 33.9 Å². The third-order valence-electron chi connectivity index (χ3n) is 4.62. The number of aromatic nitrogens is 1. The second-order valence-corrected chi connectivity index (χ2v) is 8.42. The van der Waals surface area contributed by atoms with Crippen LogP contribution >= 0.6 is 15.9 Å². The van der Waals surface area contributed by atoms with E-state index in [1.807, 2.05) is 37.8 Å². The van der Waals surface area contributed by atoms with Gasteiger partial charge in [0.2, 0.25) is 11.8 Å². The van der Waals surface area contributed by atoms with Crippen molar-refractivity contribution in [2.45, 2.75) is 40.2 Å².